The monoisotopic (exact) mass is 254 g/mol. The number of unbranched alkanes of at least 4 members (excludes halogenated alkanes) is 1. The number of benzene rings is 1. The Balaban J connectivity index is 2.50. The normalized spacial score (nSPS) is 11.2. The lowest BCUT2D eigenvalue weighted by Crippen LogP contribution is -2.02. The van der Waals surface area contributed by atoms with Crippen molar-refractivity contribution >= 4 is 35.3 Å². The highest BCUT2D eigenvalue weighted by Gasteiger charge is 2.09. The summed E-state index contributed by atoms with van der Waals surface area (Å²) in [5.41, 5.74) is 2.12. The zero-order chi connectivity index (χ0) is 11.5. The van der Waals surface area contributed by atoms with Crippen LogP contribution in [-0.2, 0) is 12.3 Å². The van der Waals surface area contributed by atoms with Crippen LogP contribution in [0.25, 0.3) is 11.0 Å². The zero-order valence-corrected chi connectivity index (χ0v) is 10.9. The summed E-state index contributed by atoms with van der Waals surface area (Å²) in [6, 6.07) is 5.86. The number of thiol groups is 1. The Morgan fingerprint density at radius 3 is 2.94 bits per heavy atom. The van der Waals surface area contributed by atoms with E-state index in [0.29, 0.717) is 5.75 Å². The molecule has 2 rings (SSSR count). The first-order chi connectivity index (χ1) is 7.76. The highest BCUT2D eigenvalue weighted by atomic mass is 35.5. The van der Waals surface area contributed by atoms with Gasteiger partial charge in [0.05, 0.1) is 11.0 Å². The molecule has 0 aliphatic carbocycles. The molecule has 0 fully saturated rings. The molecule has 0 N–H and O–H groups in total. The van der Waals surface area contributed by atoms with Crippen molar-refractivity contribution in [2.24, 2.45) is 0 Å². The van der Waals surface area contributed by atoms with Gasteiger partial charge in [0.25, 0.3) is 0 Å². The molecule has 1 aromatic heterocycles. The van der Waals surface area contributed by atoms with Gasteiger partial charge in [-0.05, 0) is 24.6 Å². The van der Waals surface area contributed by atoms with Gasteiger partial charge in [0.15, 0.2) is 0 Å². The van der Waals surface area contributed by atoms with E-state index in [0.717, 1.165) is 34.8 Å². The largest absolute Gasteiger partial charge is 0.327 e. The fourth-order valence-corrected chi connectivity index (χ4v) is 2.25. The number of hydrogen-bond acceptors (Lipinski definition) is 2. The summed E-state index contributed by atoms with van der Waals surface area (Å²) in [7, 11) is 0. The zero-order valence-electron chi connectivity index (χ0n) is 9.28. The van der Waals surface area contributed by atoms with E-state index in [1.165, 1.54) is 6.42 Å². The molecule has 2 nitrogen and oxygen atoms in total. The Kier molecular flexibility index (Phi) is 3.77. The Labute approximate surface area is 106 Å². The van der Waals surface area contributed by atoms with Crippen LogP contribution < -0.4 is 0 Å². The molecular formula is C12H15ClN2S. The lowest BCUT2D eigenvalue weighted by Gasteiger charge is -2.06. The van der Waals surface area contributed by atoms with Crippen molar-refractivity contribution in [3.63, 3.8) is 0 Å². The van der Waals surface area contributed by atoms with Crippen molar-refractivity contribution in [2.75, 3.05) is 0 Å². The molecule has 0 spiro atoms. The Morgan fingerprint density at radius 2 is 2.25 bits per heavy atom. The molecule has 4 heteroatoms. The van der Waals surface area contributed by atoms with Crippen LogP contribution in [0.15, 0.2) is 18.2 Å². The Morgan fingerprint density at radius 1 is 1.44 bits per heavy atom. The lowest BCUT2D eigenvalue weighted by atomic mass is 10.3. The van der Waals surface area contributed by atoms with Crippen LogP contribution >= 0.6 is 24.2 Å². The van der Waals surface area contributed by atoms with E-state index in [4.69, 9.17) is 11.6 Å². The number of imidazole rings is 1. The first-order valence-electron chi connectivity index (χ1n) is 5.51. The average molecular weight is 255 g/mol. The maximum atomic E-state index is 5.96. The van der Waals surface area contributed by atoms with E-state index < -0.39 is 0 Å². The maximum Gasteiger partial charge on any atom is 0.119 e. The number of aryl methyl sites for hydroxylation is 1. The lowest BCUT2D eigenvalue weighted by molar-refractivity contribution is 0.629. The molecule has 1 aromatic carbocycles. The summed E-state index contributed by atoms with van der Waals surface area (Å²) in [5, 5.41) is 0.735. The standard InChI is InChI=1S/C12H15ClN2S/c1-2-3-6-15-11-5-4-9(13)7-10(11)14-12(15)8-16/h4-5,7,16H,2-3,6,8H2,1H3. The summed E-state index contributed by atoms with van der Waals surface area (Å²) < 4.78 is 2.24. The van der Waals surface area contributed by atoms with E-state index in [1.807, 2.05) is 18.2 Å². The third-order valence-electron chi connectivity index (χ3n) is 2.67. The van der Waals surface area contributed by atoms with Crippen LogP contribution in [0.4, 0.5) is 0 Å². The molecule has 0 aliphatic rings. The molecule has 0 aliphatic heterocycles. The number of rotatable bonds is 4. The highest BCUT2D eigenvalue weighted by Crippen LogP contribution is 2.21. The van der Waals surface area contributed by atoms with Gasteiger partial charge in [-0.2, -0.15) is 12.6 Å². The van der Waals surface area contributed by atoms with Gasteiger partial charge in [-0.25, -0.2) is 4.98 Å². The number of aromatic nitrogens is 2. The van der Waals surface area contributed by atoms with Crippen LogP contribution in [0.5, 0.6) is 0 Å². The molecule has 0 saturated heterocycles. The second-order valence-electron chi connectivity index (χ2n) is 3.82. The highest BCUT2D eigenvalue weighted by molar-refractivity contribution is 7.79. The van der Waals surface area contributed by atoms with Gasteiger partial charge < -0.3 is 4.57 Å². The molecule has 0 amide bonds. The smallest absolute Gasteiger partial charge is 0.119 e. The summed E-state index contributed by atoms with van der Waals surface area (Å²) in [4.78, 5) is 4.55. The molecule has 0 bridgehead atoms. The topological polar surface area (TPSA) is 17.8 Å². The summed E-state index contributed by atoms with van der Waals surface area (Å²) in [5.74, 6) is 1.68. The number of halogens is 1. The fraction of sp³-hybridized carbons (Fsp3) is 0.417. The Hall–Kier alpha value is -0.670. The number of fused-ring (bicyclic) bond motifs is 1. The van der Waals surface area contributed by atoms with Gasteiger partial charge in [-0.1, -0.05) is 24.9 Å². The molecule has 0 atom stereocenters. The third-order valence-corrected chi connectivity index (χ3v) is 3.18. The quantitative estimate of drug-likeness (QED) is 0.819. The van der Waals surface area contributed by atoms with Crippen molar-refractivity contribution in [1.82, 2.24) is 9.55 Å². The van der Waals surface area contributed by atoms with Crippen LogP contribution in [0.1, 0.15) is 25.6 Å². The first-order valence-corrected chi connectivity index (χ1v) is 6.52. The molecule has 0 radical (unpaired) electrons. The van der Waals surface area contributed by atoms with E-state index in [1.54, 1.807) is 0 Å². The molecule has 86 valence electrons. The van der Waals surface area contributed by atoms with Gasteiger partial charge in [0.1, 0.15) is 5.82 Å². The van der Waals surface area contributed by atoms with Crippen molar-refractivity contribution in [1.29, 1.82) is 0 Å². The van der Waals surface area contributed by atoms with Crippen LogP contribution in [0, 0.1) is 0 Å². The van der Waals surface area contributed by atoms with Crippen LogP contribution in [-0.4, -0.2) is 9.55 Å². The Bertz CT molecular complexity index is 493. The van der Waals surface area contributed by atoms with E-state index in [2.05, 4.69) is 29.1 Å². The van der Waals surface area contributed by atoms with Gasteiger partial charge in [-0.3, -0.25) is 0 Å². The number of nitrogens with zero attached hydrogens (tertiary/aromatic N) is 2. The molecule has 16 heavy (non-hydrogen) atoms. The van der Waals surface area contributed by atoms with E-state index in [9.17, 15) is 0 Å². The minimum absolute atomic E-state index is 0.663. The van der Waals surface area contributed by atoms with Crippen molar-refractivity contribution in [2.45, 2.75) is 32.1 Å². The molecule has 0 saturated carbocycles. The van der Waals surface area contributed by atoms with Crippen LogP contribution in [0.2, 0.25) is 5.02 Å². The summed E-state index contributed by atoms with van der Waals surface area (Å²) >= 11 is 10.3. The summed E-state index contributed by atoms with van der Waals surface area (Å²) in [6.07, 6.45) is 2.34. The minimum Gasteiger partial charge on any atom is -0.327 e. The second kappa shape index (κ2) is 5.11. The van der Waals surface area contributed by atoms with Crippen molar-refractivity contribution < 1.29 is 0 Å². The van der Waals surface area contributed by atoms with Gasteiger partial charge in [0.2, 0.25) is 0 Å². The number of hydrogen-bond donors (Lipinski definition) is 1. The second-order valence-corrected chi connectivity index (χ2v) is 4.58. The summed E-state index contributed by atoms with van der Waals surface area (Å²) in [6.45, 7) is 3.20. The SMILES string of the molecule is CCCCn1c(CS)nc2cc(Cl)ccc21. The molecule has 0 unspecified atom stereocenters. The molecule has 2 aromatic rings. The van der Waals surface area contributed by atoms with Crippen LogP contribution in [0.3, 0.4) is 0 Å². The van der Waals surface area contributed by atoms with Gasteiger partial charge in [-0.15, -0.1) is 0 Å². The van der Waals surface area contributed by atoms with Gasteiger partial charge in [0, 0.05) is 17.3 Å². The van der Waals surface area contributed by atoms with Crippen molar-refractivity contribution in [3.05, 3.63) is 29.0 Å². The van der Waals surface area contributed by atoms with Gasteiger partial charge >= 0.3 is 0 Å². The third kappa shape index (κ3) is 2.20. The predicted octanol–water partition coefficient (Wildman–Crippen LogP) is 3.92. The first kappa shape index (κ1) is 11.8. The maximum absolute atomic E-state index is 5.96. The molecular weight excluding hydrogens is 240 g/mol. The fourth-order valence-electron chi connectivity index (χ4n) is 1.84. The minimum atomic E-state index is 0.663. The molecule has 1 heterocycles. The van der Waals surface area contributed by atoms with E-state index >= 15 is 0 Å². The van der Waals surface area contributed by atoms with E-state index in [-0.39, 0.29) is 0 Å². The average Bonchev–Trinajstić information content (AvgIpc) is 2.63. The predicted molar refractivity (Wildman–Crippen MR) is 72.3 cm³/mol. The van der Waals surface area contributed by atoms with Crippen molar-refractivity contribution in [3.8, 4) is 0 Å².